The molecule has 6 nitrogen and oxygen atoms in total. The van der Waals surface area contributed by atoms with Crippen LogP contribution in [0.5, 0.6) is 5.75 Å². The number of hydrogen-bond acceptors (Lipinski definition) is 3. The summed E-state index contributed by atoms with van der Waals surface area (Å²) in [4.78, 5) is 25.3. The number of anilines is 1. The summed E-state index contributed by atoms with van der Waals surface area (Å²) in [5.74, 6) is 1.08. The summed E-state index contributed by atoms with van der Waals surface area (Å²) in [5.41, 5.74) is 0.797. The van der Waals surface area contributed by atoms with Gasteiger partial charge < -0.3 is 20.3 Å². The molecular formula is C14H18ClN3O3. The molecule has 1 aliphatic heterocycles. The van der Waals surface area contributed by atoms with Gasteiger partial charge >= 0.3 is 6.03 Å². The molecule has 0 unspecified atom stereocenters. The first-order valence-electron chi connectivity index (χ1n) is 6.68. The smallest absolute Gasteiger partial charge is 0.315 e. The topological polar surface area (TPSA) is 70.7 Å². The number of hydrogen-bond donors (Lipinski definition) is 2. The van der Waals surface area contributed by atoms with E-state index in [4.69, 9.17) is 16.3 Å². The Bertz CT molecular complexity index is 507. The summed E-state index contributed by atoms with van der Waals surface area (Å²) in [6, 6.07) is 6.76. The van der Waals surface area contributed by atoms with Gasteiger partial charge in [0, 0.05) is 31.1 Å². The fourth-order valence-electron chi connectivity index (χ4n) is 2.21. The van der Waals surface area contributed by atoms with E-state index in [1.165, 1.54) is 0 Å². The van der Waals surface area contributed by atoms with Crippen LogP contribution in [0.1, 0.15) is 6.42 Å². The van der Waals surface area contributed by atoms with Crippen LogP contribution in [-0.2, 0) is 4.79 Å². The minimum absolute atomic E-state index is 0.0113. The zero-order chi connectivity index (χ0) is 15.2. The predicted octanol–water partition coefficient (Wildman–Crippen LogP) is 1.34. The van der Waals surface area contributed by atoms with E-state index in [0.717, 1.165) is 11.4 Å². The van der Waals surface area contributed by atoms with E-state index in [1.807, 2.05) is 12.1 Å². The molecule has 2 N–H and O–H groups in total. The van der Waals surface area contributed by atoms with E-state index in [2.05, 4.69) is 10.6 Å². The molecule has 1 atom stereocenters. The van der Waals surface area contributed by atoms with Gasteiger partial charge in [0.1, 0.15) is 5.75 Å². The fraction of sp³-hybridized carbons (Fsp3) is 0.429. The van der Waals surface area contributed by atoms with Crippen molar-refractivity contribution >= 4 is 29.2 Å². The van der Waals surface area contributed by atoms with Crippen LogP contribution in [0.15, 0.2) is 24.3 Å². The lowest BCUT2D eigenvalue weighted by Crippen LogP contribution is -2.43. The lowest BCUT2D eigenvalue weighted by molar-refractivity contribution is -0.117. The number of methoxy groups -OCH3 is 1. The molecule has 21 heavy (non-hydrogen) atoms. The van der Waals surface area contributed by atoms with E-state index >= 15 is 0 Å². The molecule has 0 aliphatic carbocycles. The van der Waals surface area contributed by atoms with Crippen molar-refractivity contribution in [2.45, 2.75) is 12.5 Å². The molecule has 1 aliphatic rings. The van der Waals surface area contributed by atoms with Gasteiger partial charge in [-0.2, -0.15) is 0 Å². The number of rotatable bonds is 5. The SMILES string of the molecule is COc1ccc(N2C[C@@H](NC(=O)NCCCl)CC2=O)cc1. The fourth-order valence-corrected chi connectivity index (χ4v) is 2.31. The zero-order valence-electron chi connectivity index (χ0n) is 11.8. The van der Waals surface area contributed by atoms with Gasteiger partial charge in [-0.05, 0) is 24.3 Å². The van der Waals surface area contributed by atoms with Gasteiger partial charge in [-0.25, -0.2) is 4.79 Å². The molecule has 1 heterocycles. The number of carbonyl (C=O) groups excluding carboxylic acids is 2. The van der Waals surface area contributed by atoms with Crippen molar-refractivity contribution in [1.82, 2.24) is 10.6 Å². The Morgan fingerprint density at radius 1 is 1.43 bits per heavy atom. The standard InChI is InChI=1S/C14H18ClN3O3/c1-21-12-4-2-11(3-5-12)18-9-10(8-13(18)19)17-14(20)16-7-6-15/h2-5,10H,6-9H2,1H3,(H2,16,17,20)/t10-/m0/s1. The molecule has 0 aromatic heterocycles. The van der Waals surface area contributed by atoms with Crippen LogP contribution in [0.25, 0.3) is 0 Å². The van der Waals surface area contributed by atoms with Gasteiger partial charge in [0.25, 0.3) is 0 Å². The van der Waals surface area contributed by atoms with Gasteiger partial charge in [-0.15, -0.1) is 11.6 Å². The van der Waals surface area contributed by atoms with E-state index in [-0.39, 0.29) is 18.0 Å². The van der Waals surface area contributed by atoms with Crippen molar-refractivity contribution in [3.8, 4) is 5.75 Å². The highest BCUT2D eigenvalue weighted by Gasteiger charge is 2.31. The molecular weight excluding hydrogens is 294 g/mol. The molecule has 2 rings (SSSR count). The second-order valence-electron chi connectivity index (χ2n) is 4.69. The van der Waals surface area contributed by atoms with E-state index in [0.29, 0.717) is 25.4 Å². The molecule has 0 saturated carbocycles. The van der Waals surface area contributed by atoms with Crippen LogP contribution in [0.3, 0.4) is 0 Å². The first kappa shape index (κ1) is 15.4. The Morgan fingerprint density at radius 2 is 2.14 bits per heavy atom. The van der Waals surface area contributed by atoms with Crippen LogP contribution < -0.4 is 20.3 Å². The largest absolute Gasteiger partial charge is 0.497 e. The molecule has 0 bridgehead atoms. The predicted molar refractivity (Wildman–Crippen MR) is 81.0 cm³/mol. The third-order valence-electron chi connectivity index (χ3n) is 3.22. The molecule has 1 aromatic rings. The molecule has 1 aromatic carbocycles. The molecule has 7 heteroatoms. The molecule has 114 valence electrons. The summed E-state index contributed by atoms with van der Waals surface area (Å²) in [5, 5.41) is 5.39. The van der Waals surface area contributed by atoms with Gasteiger partial charge in [-0.1, -0.05) is 0 Å². The Morgan fingerprint density at radius 3 is 2.76 bits per heavy atom. The Hall–Kier alpha value is -1.95. The lowest BCUT2D eigenvalue weighted by Gasteiger charge is -2.17. The first-order chi connectivity index (χ1) is 10.1. The summed E-state index contributed by atoms with van der Waals surface area (Å²) >= 11 is 5.50. The van der Waals surface area contributed by atoms with Crippen molar-refractivity contribution in [1.29, 1.82) is 0 Å². The highest BCUT2D eigenvalue weighted by molar-refractivity contribution is 6.18. The third kappa shape index (κ3) is 4.01. The van der Waals surface area contributed by atoms with Crippen molar-refractivity contribution in [2.24, 2.45) is 0 Å². The zero-order valence-corrected chi connectivity index (χ0v) is 12.5. The number of nitrogens with zero attached hydrogens (tertiary/aromatic N) is 1. The minimum atomic E-state index is -0.301. The van der Waals surface area contributed by atoms with Crippen molar-refractivity contribution in [3.63, 3.8) is 0 Å². The van der Waals surface area contributed by atoms with Crippen LogP contribution >= 0.6 is 11.6 Å². The summed E-state index contributed by atoms with van der Waals surface area (Å²) in [7, 11) is 1.59. The molecule has 0 spiro atoms. The average molecular weight is 312 g/mol. The third-order valence-corrected chi connectivity index (χ3v) is 3.41. The lowest BCUT2D eigenvalue weighted by atomic mass is 10.2. The van der Waals surface area contributed by atoms with Crippen LogP contribution in [0.2, 0.25) is 0 Å². The van der Waals surface area contributed by atoms with Gasteiger partial charge in [0.15, 0.2) is 0 Å². The maximum absolute atomic E-state index is 12.0. The Labute approximate surface area is 128 Å². The number of alkyl halides is 1. The highest BCUT2D eigenvalue weighted by atomic mass is 35.5. The van der Waals surface area contributed by atoms with Crippen LogP contribution in [-0.4, -0.2) is 44.1 Å². The molecule has 1 saturated heterocycles. The summed E-state index contributed by atoms with van der Waals surface area (Å²) in [6.07, 6.45) is 0.292. The quantitative estimate of drug-likeness (QED) is 0.806. The van der Waals surface area contributed by atoms with Crippen molar-refractivity contribution in [3.05, 3.63) is 24.3 Å². The van der Waals surface area contributed by atoms with E-state index < -0.39 is 0 Å². The monoisotopic (exact) mass is 311 g/mol. The Balaban J connectivity index is 1.94. The molecule has 3 amide bonds. The van der Waals surface area contributed by atoms with Crippen LogP contribution in [0, 0.1) is 0 Å². The first-order valence-corrected chi connectivity index (χ1v) is 7.22. The number of nitrogens with one attached hydrogen (secondary N) is 2. The maximum atomic E-state index is 12.0. The second kappa shape index (κ2) is 7.17. The Kier molecular flexibility index (Phi) is 5.27. The van der Waals surface area contributed by atoms with E-state index in [1.54, 1.807) is 24.1 Å². The normalized spacial score (nSPS) is 17.7. The number of ether oxygens (including phenoxy) is 1. The van der Waals surface area contributed by atoms with Gasteiger partial charge in [-0.3, -0.25) is 4.79 Å². The van der Waals surface area contributed by atoms with Gasteiger partial charge in [0.2, 0.25) is 5.91 Å². The number of amides is 3. The summed E-state index contributed by atoms with van der Waals surface area (Å²) in [6.45, 7) is 0.857. The minimum Gasteiger partial charge on any atom is -0.497 e. The molecule has 1 fully saturated rings. The van der Waals surface area contributed by atoms with E-state index in [9.17, 15) is 9.59 Å². The number of urea groups is 1. The van der Waals surface area contributed by atoms with Crippen molar-refractivity contribution < 1.29 is 14.3 Å². The second-order valence-corrected chi connectivity index (χ2v) is 5.07. The number of benzene rings is 1. The summed E-state index contributed by atoms with van der Waals surface area (Å²) < 4.78 is 5.09. The van der Waals surface area contributed by atoms with Crippen LogP contribution in [0.4, 0.5) is 10.5 Å². The molecule has 0 radical (unpaired) electrons. The highest BCUT2D eigenvalue weighted by Crippen LogP contribution is 2.24. The number of halogens is 1. The number of carbonyl (C=O) groups is 2. The maximum Gasteiger partial charge on any atom is 0.315 e. The van der Waals surface area contributed by atoms with Gasteiger partial charge in [0.05, 0.1) is 13.2 Å². The average Bonchev–Trinajstić information content (AvgIpc) is 2.85. The van der Waals surface area contributed by atoms with Crippen molar-refractivity contribution in [2.75, 3.05) is 31.0 Å².